The van der Waals surface area contributed by atoms with E-state index in [2.05, 4.69) is 58.3 Å². The fourth-order valence-corrected chi connectivity index (χ4v) is 4.64. The molecule has 2 heterocycles. The minimum absolute atomic E-state index is 0.0629. The number of aromatic nitrogens is 2. The summed E-state index contributed by atoms with van der Waals surface area (Å²) in [5.41, 5.74) is 3.97. The summed E-state index contributed by atoms with van der Waals surface area (Å²) in [6, 6.07) is 19.8. The first-order valence-corrected chi connectivity index (χ1v) is 12.5. The maximum Gasteiger partial charge on any atom is 0.269 e. The molecule has 184 valence electrons. The van der Waals surface area contributed by atoms with Crippen LogP contribution in [0, 0.1) is 5.92 Å². The highest BCUT2D eigenvalue weighted by Gasteiger charge is 2.26. The van der Waals surface area contributed by atoms with Gasteiger partial charge in [-0.05, 0) is 49.9 Å². The van der Waals surface area contributed by atoms with Crippen molar-refractivity contribution in [3.05, 3.63) is 88.3 Å². The van der Waals surface area contributed by atoms with E-state index in [1.807, 2.05) is 30.3 Å². The van der Waals surface area contributed by atoms with Gasteiger partial charge in [-0.25, -0.2) is 4.68 Å². The molecular weight excluding hydrogens is 438 g/mol. The van der Waals surface area contributed by atoms with Crippen molar-refractivity contribution in [1.82, 2.24) is 15.1 Å². The van der Waals surface area contributed by atoms with Gasteiger partial charge in [0.25, 0.3) is 5.56 Å². The molecule has 3 aromatic rings. The summed E-state index contributed by atoms with van der Waals surface area (Å²) in [6.45, 7) is 8.63. The molecule has 1 aliphatic heterocycles. The van der Waals surface area contributed by atoms with Gasteiger partial charge in [0.2, 0.25) is 5.91 Å². The van der Waals surface area contributed by atoms with E-state index in [4.69, 9.17) is 0 Å². The molecule has 1 atom stereocenters. The van der Waals surface area contributed by atoms with Crippen molar-refractivity contribution >= 4 is 17.3 Å². The molecule has 0 aliphatic carbocycles. The highest BCUT2D eigenvalue weighted by Crippen LogP contribution is 2.22. The zero-order valence-corrected chi connectivity index (χ0v) is 20.7. The molecule has 1 amide bonds. The Labute approximate surface area is 207 Å². The van der Waals surface area contributed by atoms with Crippen LogP contribution in [0.1, 0.15) is 37.8 Å². The van der Waals surface area contributed by atoms with Crippen molar-refractivity contribution in [2.24, 2.45) is 5.92 Å². The lowest BCUT2D eigenvalue weighted by atomic mass is 9.96. The molecule has 7 heteroatoms. The van der Waals surface area contributed by atoms with Crippen LogP contribution in [0.4, 0.5) is 11.4 Å². The topological polar surface area (TPSA) is 70.5 Å². The molecule has 2 aromatic carbocycles. The Morgan fingerprint density at radius 2 is 1.80 bits per heavy atom. The number of benzene rings is 2. The van der Waals surface area contributed by atoms with Crippen LogP contribution in [0.2, 0.25) is 0 Å². The van der Waals surface area contributed by atoms with Crippen LogP contribution in [-0.2, 0) is 17.9 Å². The number of rotatable bonds is 9. The maximum absolute atomic E-state index is 12.9. The van der Waals surface area contributed by atoms with Crippen LogP contribution < -0.4 is 20.7 Å². The standard InChI is InChI=1S/C28H35N5O2/c1-3-31(4-2)25-14-12-22(13-15-25)18-29-28(35)24-11-8-16-32(21-24)26-17-27(34)33(30-19-26)20-23-9-6-5-7-10-23/h5-7,9-10,12-15,17,19,24H,3-4,8,11,16,18,20-21H2,1-2H3,(H,29,35). The molecule has 35 heavy (non-hydrogen) atoms. The predicted molar refractivity (Wildman–Crippen MR) is 141 cm³/mol. The van der Waals surface area contributed by atoms with Crippen molar-refractivity contribution in [2.45, 2.75) is 39.8 Å². The molecule has 1 aromatic heterocycles. The third-order valence-corrected chi connectivity index (χ3v) is 6.72. The third-order valence-electron chi connectivity index (χ3n) is 6.72. The van der Waals surface area contributed by atoms with Crippen LogP contribution in [-0.4, -0.2) is 41.9 Å². The summed E-state index contributed by atoms with van der Waals surface area (Å²) in [6.07, 6.45) is 3.49. The van der Waals surface area contributed by atoms with Crippen molar-refractivity contribution < 1.29 is 4.79 Å². The summed E-state index contributed by atoms with van der Waals surface area (Å²) >= 11 is 0. The fourth-order valence-electron chi connectivity index (χ4n) is 4.64. The van der Waals surface area contributed by atoms with Crippen molar-refractivity contribution in [1.29, 1.82) is 0 Å². The molecule has 4 rings (SSSR count). The number of nitrogens with one attached hydrogen (secondary N) is 1. The van der Waals surface area contributed by atoms with Crippen LogP contribution in [0.5, 0.6) is 0 Å². The number of hydrogen-bond acceptors (Lipinski definition) is 5. The van der Waals surface area contributed by atoms with E-state index in [9.17, 15) is 9.59 Å². The monoisotopic (exact) mass is 473 g/mol. The average Bonchev–Trinajstić information content (AvgIpc) is 2.90. The molecular formula is C28H35N5O2. The van der Waals surface area contributed by atoms with Crippen LogP contribution in [0.25, 0.3) is 0 Å². The number of carbonyl (C=O) groups is 1. The molecule has 1 unspecified atom stereocenters. The lowest BCUT2D eigenvalue weighted by molar-refractivity contribution is -0.125. The highest BCUT2D eigenvalue weighted by molar-refractivity contribution is 5.79. The number of amides is 1. The highest BCUT2D eigenvalue weighted by atomic mass is 16.2. The molecule has 0 saturated carbocycles. The average molecular weight is 474 g/mol. The first-order valence-electron chi connectivity index (χ1n) is 12.5. The van der Waals surface area contributed by atoms with Crippen molar-refractivity contribution in [2.75, 3.05) is 36.0 Å². The molecule has 0 bridgehead atoms. The Hall–Kier alpha value is -3.61. The lowest BCUT2D eigenvalue weighted by Gasteiger charge is -2.33. The number of nitrogens with zero attached hydrogens (tertiary/aromatic N) is 4. The van der Waals surface area contributed by atoms with Gasteiger partial charge in [-0.1, -0.05) is 42.5 Å². The molecule has 1 aliphatic rings. The van der Waals surface area contributed by atoms with Gasteiger partial charge in [0.1, 0.15) is 0 Å². The number of hydrogen-bond donors (Lipinski definition) is 1. The Morgan fingerprint density at radius 3 is 2.49 bits per heavy atom. The number of carbonyl (C=O) groups excluding carboxylic acids is 1. The van der Waals surface area contributed by atoms with Gasteiger partial charge in [0.15, 0.2) is 0 Å². The van der Waals surface area contributed by atoms with Crippen molar-refractivity contribution in [3.8, 4) is 0 Å². The minimum Gasteiger partial charge on any atom is -0.372 e. The Balaban J connectivity index is 1.33. The Morgan fingerprint density at radius 1 is 1.06 bits per heavy atom. The van der Waals surface area contributed by atoms with Gasteiger partial charge in [-0.3, -0.25) is 9.59 Å². The van der Waals surface area contributed by atoms with E-state index < -0.39 is 0 Å². The summed E-state index contributed by atoms with van der Waals surface area (Å²) in [4.78, 5) is 30.0. The van der Waals surface area contributed by atoms with Gasteiger partial charge in [-0.15, -0.1) is 0 Å². The van der Waals surface area contributed by atoms with E-state index in [1.54, 1.807) is 12.3 Å². The van der Waals surface area contributed by atoms with E-state index in [1.165, 1.54) is 10.4 Å². The smallest absolute Gasteiger partial charge is 0.269 e. The summed E-state index contributed by atoms with van der Waals surface area (Å²) in [5, 5.41) is 7.49. The molecule has 1 saturated heterocycles. The summed E-state index contributed by atoms with van der Waals surface area (Å²) in [5.74, 6) is -0.0432. The SMILES string of the molecule is CCN(CC)c1ccc(CNC(=O)C2CCCN(c3cnn(Cc4ccccc4)c(=O)c3)C2)cc1. The van der Waals surface area contributed by atoms with E-state index in [-0.39, 0.29) is 17.4 Å². The van der Waals surface area contributed by atoms with E-state index in [0.717, 1.165) is 49.3 Å². The Kier molecular flexibility index (Phi) is 8.19. The Bertz CT molecular complexity index is 1160. The molecule has 1 N–H and O–H groups in total. The van der Waals surface area contributed by atoms with E-state index in [0.29, 0.717) is 19.6 Å². The predicted octanol–water partition coefficient (Wildman–Crippen LogP) is 3.67. The fraction of sp³-hybridized carbons (Fsp3) is 0.393. The first-order chi connectivity index (χ1) is 17.1. The quantitative estimate of drug-likeness (QED) is 0.514. The van der Waals surface area contributed by atoms with Gasteiger partial charge in [0.05, 0.1) is 24.3 Å². The second kappa shape index (κ2) is 11.7. The van der Waals surface area contributed by atoms with Gasteiger partial charge >= 0.3 is 0 Å². The van der Waals surface area contributed by atoms with E-state index >= 15 is 0 Å². The second-order valence-electron chi connectivity index (χ2n) is 9.04. The summed E-state index contributed by atoms with van der Waals surface area (Å²) in [7, 11) is 0. The normalized spacial score (nSPS) is 15.6. The molecule has 7 nitrogen and oxygen atoms in total. The molecule has 0 spiro atoms. The van der Waals surface area contributed by atoms with Crippen molar-refractivity contribution in [3.63, 3.8) is 0 Å². The maximum atomic E-state index is 12.9. The number of piperidine rings is 1. The van der Waals surface area contributed by atoms with Crippen LogP contribution in [0.3, 0.4) is 0 Å². The lowest BCUT2D eigenvalue weighted by Crippen LogP contribution is -2.43. The van der Waals surface area contributed by atoms with Gasteiger partial charge in [-0.2, -0.15) is 5.10 Å². The largest absolute Gasteiger partial charge is 0.372 e. The molecule has 0 radical (unpaired) electrons. The van der Waals surface area contributed by atoms with Gasteiger partial charge in [0, 0.05) is 44.5 Å². The van der Waals surface area contributed by atoms with Crippen LogP contribution in [0.15, 0.2) is 71.7 Å². The third kappa shape index (κ3) is 6.29. The number of anilines is 2. The van der Waals surface area contributed by atoms with Crippen LogP contribution >= 0.6 is 0 Å². The zero-order valence-electron chi connectivity index (χ0n) is 20.7. The summed E-state index contributed by atoms with van der Waals surface area (Å²) < 4.78 is 1.47. The molecule has 1 fully saturated rings. The first kappa shape index (κ1) is 24.5. The zero-order chi connectivity index (χ0) is 24.6. The second-order valence-corrected chi connectivity index (χ2v) is 9.04. The van der Waals surface area contributed by atoms with Gasteiger partial charge < -0.3 is 15.1 Å². The minimum atomic E-state index is -0.133.